The molecule has 0 aliphatic carbocycles. The Morgan fingerprint density at radius 2 is 1.81 bits per heavy atom. The Morgan fingerprint density at radius 3 is 2.33 bits per heavy atom. The second kappa shape index (κ2) is 6.40. The number of sulfonamides is 1. The first-order valence-electron chi connectivity index (χ1n) is 6.59. The molecule has 21 heavy (non-hydrogen) atoms. The number of ether oxygens (including phenoxy) is 1. The van der Waals surface area contributed by atoms with Gasteiger partial charge in [-0.2, -0.15) is 4.31 Å². The first-order chi connectivity index (χ1) is 9.75. The summed E-state index contributed by atoms with van der Waals surface area (Å²) >= 11 is 12.1. The number of nitrogens with two attached hydrogens (primary N) is 1. The van der Waals surface area contributed by atoms with Crippen molar-refractivity contribution < 1.29 is 13.2 Å². The van der Waals surface area contributed by atoms with E-state index in [1.54, 1.807) is 0 Å². The average molecular weight is 353 g/mol. The third kappa shape index (κ3) is 3.52. The van der Waals surface area contributed by atoms with Crippen LogP contribution < -0.4 is 5.73 Å². The van der Waals surface area contributed by atoms with Crippen molar-refractivity contribution >= 4 is 33.2 Å². The van der Waals surface area contributed by atoms with Crippen LogP contribution in [0, 0.1) is 0 Å². The SMILES string of the molecule is C[C@@H]1CN(S(=O)(=O)c2cc(CN)c(Cl)cc2Cl)C[C@H](C)O1. The molecular weight excluding hydrogens is 335 g/mol. The molecule has 1 aliphatic rings. The minimum atomic E-state index is -3.70. The van der Waals surface area contributed by atoms with Gasteiger partial charge in [-0.05, 0) is 31.5 Å². The maximum absolute atomic E-state index is 12.8. The van der Waals surface area contributed by atoms with Crippen LogP contribution in [0.5, 0.6) is 0 Å². The van der Waals surface area contributed by atoms with Gasteiger partial charge in [-0.15, -0.1) is 0 Å². The summed E-state index contributed by atoms with van der Waals surface area (Å²) in [6.45, 7) is 4.42. The van der Waals surface area contributed by atoms with E-state index < -0.39 is 10.0 Å². The van der Waals surface area contributed by atoms with Gasteiger partial charge in [0.15, 0.2) is 0 Å². The predicted octanol–water partition coefficient (Wildman–Crippen LogP) is 2.25. The highest BCUT2D eigenvalue weighted by molar-refractivity contribution is 7.89. The molecule has 0 saturated carbocycles. The van der Waals surface area contributed by atoms with E-state index in [2.05, 4.69) is 0 Å². The van der Waals surface area contributed by atoms with Crippen LogP contribution in [-0.4, -0.2) is 38.0 Å². The Kier molecular flexibility index (Phi) is 5.18. The summed E-state index contributed by atoms with van der Waals surface area (Å²) in [4.78, 5) is 0.0373. The van der Waals surface area contributed by atoms with Crippen LogP contribution in [0.3, 0.4) is 0 Å². The van der Waals surface area contributed by atoms with Crippen molar-refractivity contribution in [3.8, 4) is 0 Å². The van der Waals surface area contributed by atoms with E-state index in [0.717, 1.165) is 0 Å². The number of hydrogen-bond donors (Lipinski definition) is 1. The van der Waals surface area contributed by atoms with Gasteiger partial charge in [0.2, 0.25) is 10.0 Å². The zero-order valence-corrected chi connectivity index (χ0v) is 14.2. The van der Waals surface area contributed by atoms with Crippen LogP contribution >= 0.6 is 23.2 Å². The van der Waals surface area contributed by atoms with E-state index in [1.807, 2.05) is 13.8 Å². The molecule has 1 aliphatic heterocycles. The van der Waals surface area contributed by atoms with Crippen LogP contribution in [0.2, 0.25) is 10.0 Å². The Balaban J connectivity index is 2.44. The maximum atomic E-state index is 12.8. The molecule has 2 rings (SSSR count). The third-order valence-corrected chi connectivity index (χ3v) is 5.97. The molecule has 0 radical (unpaired) electrons. The second-order valence-electron chi connectivity index (χ2n) is 5.16. The van der Waals surface area contributed by atoms with Crippen LogP contribution in [0.4, 0.5) is 0 Å². The smallest absolute Gasteiger partial charge is 0.244 e. The molecule has 1 fully saturated rings. The van der Waals surface area contributed by atoms with E-state index in [-0.39, 0.29) is 28.7 Å². The number of benzene rings is 1. The van der Waals surface area contributed by atoms with Gasteiger partial charge in [-0.25, -0.2) is 8.42 Å². The third-order valence-electron chi connectivity index (χ3n) is 3.32. The van der Waals surface area contributed by atoms with E-state index in [1.165, 1.54) is 16.4 Å². The molecule has 1 aromatic carbocycles. The summed E-state index contributed by atoms with van der Waals surface area (Å²) in [5, 5.41) is 0.467. The van der Waals surface area contributed by atoms with Gasteiger partial charge < -0.3 is 10.5 Å². The summed E-state index contributed by atoms with van der Waals surface area (Å²) in [6.07, 6.45) is -0.327. The highest BCUT2D eigenvalue weighted by Crippen LogP contribution is 2.31. The fourth-order valence-corrected chi connectivity index (χ4v) is 4.83. The lowest BCUT2D eigenvalue weighted by Crippen LogP contribution is -2.48. The summed E-state index contributed by atoms with van der Waals surface area (Å²) < 4.78 is 32.5. The highest BCUT2D eigenvalue weighted by atomic mass is 35.5. The van der Waals surface area contributed by atoms with Crippen molar-refractivity contribution in [3.05, 3.63) is 27.7 Å². The molecule has 0 unspecified atom stereocenters. The standard InChI is InChI=1S/C13H18Cl2N2O3S/c1-8-6-17(7-9(2)20-8)21(18,19)13-3-10(5-16)11(14)4-12(13)15/h3-4,8-9H,5-7,16H2,1-2H3/t8-,9+. The number of halogens is 2. The van der Waals surface area contributed by atoms with Gasteiger partial charge in [0.25, 0.3) is 0 Å². The lowest BCUT2D eigenvalue weighted by molar-refractivity contribution is -0.0440. The lowest BCUT2D eigenvalue weighted by atomic mass is 10.2. The van der Waals surface area contributed by atoms with Crippen LogP contribution in [0.15, 0.2) is 17.0 Å². The van der Waals surface area contributed by atoms with E-state index in [9.17, 15) is 8.42 Å². The van der Waals surface area contributed by atoms with Gasteiger partial charge in [0, 0.05) is 24.7 Å². The van der Waals surface area contributed by atoms with Crippen LogP contribution in [-0.2, 0) is 21.3 Å². The molecule has 0 amide bonds. The van der Waals surface area contributed by atoms with Crippen LogP contribution in [0.1, 0.15) is 19.4 Å². The van der Waals surface area contributed by atoms with E-state index >= 15 is 0 Å². The molecule has 1 aromatic rings. The Morgan fingerprint density at radius 1 is 1.24 bits per heavy atom. The molecule has 0 spiro atoms. The van der Waals surface area contributed by atoms with Gasteiger partial charge in [0.05, 0.1) is 17.2 Å². The molecule has 8 heteroatoms. The summed E-state index contributed by atoms with van der Waals surface area (Å²) in [6, 6.07) is 2.87. The summed E-state index contributed by atoms with van der Waals surface area (Å²) in [7, 11) is -3.70. The summed E-state index contributed by atoms with van der Waals surface area (Å²) in [5.41, 5.74) is 6.13. The molecule has 5 nitrogen and oxygen atoms in total. The van der Waals surface area contributed by atoms with Gasteiger partial charge in [-0.3, -0.25) is 0 Å². The molecule has 0 bridgehead atoms. The van der Waals surface area contributed by atoms with Crippen molar-refractivity contribution in [3.63, 3.8) is 0 Å². The van der Waals surface area contributed by atoms with Gasteiger partial charge >= 0.3 is 0 Å². The molecule has 2 atom stereocenters. The largest absolute Gasteiger partial charge is 0.373 e. The number of rotatable bonds is 3. The monoisotopic (exact) mass is 352 g/mol. The zero-order chi connectivity index (χ0) is 15.8. The number of nitrogens with zero attached hydrogens (tertiary/aromatic N) is 1. The molecule has 1 saturated heterocycles. The van der Waals surface area contributed by atoms with Crippen molar-refractivity contribution in [1.29, 1.82) is 0 Å². The van der Waals surface area contributed by atoms with E-state index in [0.29, 0.717) is 23.7 Å². The average Bonchev–Trinajstić information content (AvgIpc) is 2.37. The molecular formula is C13H18Cl2N2O3S. The second-order valence-corrected chi connectivity index (χ2v) is 7.88. The molecule has 1 heterocycles. The first-order valence-corrected chi connectivity index (χ1v) is 8.79. The zero-order valence-electron chi connectivity index (χ0n) is 11.8. The van der Waals surface area contributed by atoms with Gasteiger partial charge in [0.1, 0.15) is 4.90 Å². The first kappa shape index (κ1) is 17.0. The Hall–Kier alpha value is -0.370. The van der Waals surface area contributed by atoms with Crippen LogP contribution in [0.25, 0.3) is 0 Å². The number of hydrogen-bond acceptors (Lipinski definition) is 4. The quantitative estimate of drug-likeness (QED) is 0.905. The van der Waals surface area contributed by atoms with Crippen molar-refractivity contribution in [2.24, 2.45) is 5.73 Å². The van der Waals surface area contributed by atoms with E-state index in [4.69, 9.17) is 33.7 Å². The Bertz CT molecular complexity index is 627. The van der Waals surface area contributed by atoms with Crippen molar-refractivity contribution in [1.82, 2.24) is 4.31 Å². The fraction of sp³-hybridized carbons (Fsp3) is 0.538. The highest BCUT2D eigenvalue weighted by Gasteiger charge is 2.33. The minimum absolute atomic E-state index is 0.0373. The van der Waals surface area contributed by atoms with Crippen molar-refractivity contribution in [2.75, 3.05) is 13.1 Å². The molecule has 0 aromatic heterocycles. The Labute approximate surface area is 135 Å². The lowest BCUT2D eigenvalue weighted by Gasteiger charge is -2.34. The fourth-order valence-electron chi connectivity index (χ4n) is 2.39. The number of morpholine rings is 1. The predicted molar refractivity (Wildman–Crippen MR) is 83.1 cm³/mol. The molecule has 118 valence electrons. The van der Waals surface area contributed by atoms with Crippen molar-refractivity contribution in [2.45, 2.75) is 37.5 Å². The van der Waals surface area contributed by atoms with Gasteiger partial charge in [-0.1, -0.05) is 23.2 Å². The topological polar surface area (TPSA) is 72.6 Å². The summed E-state index contributed by atoms with van der Waals surface area (Å²) in [5.74, 6) is 0. The minimum Gasteiger partial charge on any atom is -0.373 e. The maximum Gasteiger partial charge on any atom is 0.244 e. The molecule has 2 N–H and O–H groups in total. The normalized spacial score (nSPS) is 24.2.